The van der Waals surface area contributed by atoms with Crippen LogP contribution >= 0.6 is 0 Å². The molecule has 3 N–H and O–H groups in total. The zero-order chi connectivity index (χ0) is 22.2. The molecule has 168 valence electrons. The molecule has 2 aliphatic carbocycles. The van der Waals surface area contributed by atoms with Crippen molar-refractivity contribution in [2.45, 2.75) is 44.1 Å². The topological polar surface area (TPSA) is 95.6 Å². The van der Waals surface area contributed by atoms with Crippen LogP contribution in [0.5, 0.6) is 0 Å². The number of hydrogen-bond donors (Lipinski definition) is 2. The second kappa shape index (κ2) is 8.54. The standard InChI is InChI=1S/C25H31N5O2/c1-2-19-13-18(7-9-27-19)20-14-21(26)25(28-24(20)17-5-6-17)29-10-11-30(23(32)8-12-31)22(15-29)16-3-4-16/h2,7,9,13-14,16-17,22,31H,1,3-6,8,10-12,15,26H2/t22-/m0/s1. The molecule has 3 fully saturated rings. The summed E-state index contributed by atoms with van der Waals surface area (Å²) in [5, 5.41) is 9.22. The molecular weight excluding hydrogens is 402 g/mol. The van der Waals surface area contributed by atoms with Gasteiger partial charge in [-0.15, -0.1) is 0 Å². The van der Waals surface area contributed by atoms with Crippen LogP contribution in [-0.2, 0) is 4.79 Å². The largest absolute Gasteiger partial charge is 0.396 e. The lowest BCUT2D eigenvalue weighted by atomic mass is 10.00. The van der Waals surface area contributed by atoms with E-state index in [1.807, 2.05) is 17.0 Å². The lowest BCUT2D eigenvalue weighted by molar-refractivity contribution is -0.135. The highest BCUT2D eigenvalue weighted by atomic mass is 16.3. The maximum absolute atomic E-state index is 12.6. The quantitative estimate of drug-likeness (QED) is 0.697. The molecule has 1 amide bonds. The lowest BCUT2D eigenvalue weighted by Gasteiger charge is -2.42. The highest BCUT2D eigenvalue weighted by Crippen LogP contribution is 2.46. The van der Waals surface area contributed by atoms with E-state index in [1.54, 1.807) is 12.3 Å². The molecule has 1 atom stereocenters. The summed E-state index contributed by atoms with van der Waals surface area (Å²) in [6.07, 6.45) is 8.36. The third kappa shape index (κ3) is 4.09. The van der Waals surface area contributed by atoms with Crippen LogP contribution in [-0.4, -0.2) is 58.2 Å². The molecule has 5 rings (SSSR count). The molecule has 0 aromatic carbocycles. The fourth-order valence-electron chi connectivity index (χ4n) is 4.85. The summed E-state index contributed by atoms with van der Waals surface area (Å²) in [7, 11) is 0. The molecular formula is C25H31N5O2. The van der Waals surface area contributed by atoms with E-state index in [9.17, 15) is 9.90 Å². The Morgan fingerprint density at radius 2 is 2.06 bits per heavy atom. The highest BCUT2D eigenvalue weighted by molar-refractivity contribution is 5.79. The summed E-state index contributed by atoms with van der Waals surface area (Å²) in [6.45, 7) is 5.84. The van der Waals surface area contributed by atoms with Gasteiger partial charge in [-0.25, -0.2) is 4.98 Å². The van der Waals surface area contributed by atoms with Gasteiger partial charge in [0.25, 0.3) is 0 Å². The molecule has 1 saturated heterocycles. The van der Waals surface area contributed by atoms with E-state index in [0.29, 0.717) is 30.6 Å². The minimum atomic E-state index is -0.0975. The summed E-state index contributed by atoms with van der Waals surface area (Å²) in [5.74, 6) is 1.90. The number of carbonyl (C=O) groups excluding carboxylic acids is 1. The maximum Gasteiger partial charge on any atom is 0.225 e. The molecule has 0 spiro atoms. The zero-order valence-corrected chi connectivity index (χ0v) is 18.4. The van der Waals surface area contributed by atoms with Gasteiger partial charge in [-0.2, -0.15) is 0 Å². The molecule has 7 nitrogen and oxygen atoms in total. The van der Waals surface area contributed by atoms with Crippen molar-refractivity contribution < 1.29 is 9.90 Å². The van der Waals surface area contributed by atoms with Crippen LogP contribution in [0.3, 0.4) is 0 Å². The van der Waals surface area contributed by atoms with E-state index in [2.05, 4.69) is 22.5 Å². The number of amides is 1. The normalized spacial score (nSPS) is 21.0. The summed E-state index contributed by atoms with van der Waals surface area (Å²) in [4.78, 5) is 26.2. The number of hydrogen-bond acceptors (Lipinski definition) is 6. The monoisotopic (exact) mass is 433 g/mol. The van der Waals surface area contributed by atoms with E-state index in [1.165, 1.54) is 0 Å². The van der Waals surface area contributed by atoms with Gasteiger partial charge in [-0.1, -0.05) is 6.58 Å². The zero-order valence-electron chi connectivity index (χ0n) is 18.4. The first-order valence-corrected chi connectivity index (χ1v) is 11.6. The molecule has 2 aromatic rings. The number of carbonyl (C=O) groups is 1. The average molecular weight is 434 g/mol. The summed E-state index contributed by atoms with van der Waals surface area (Å²) in [6, 6.07) is 6.27. The molecule has 3 heterocycles. The van der Waals surface area contributed by atoms with Crippen molar-refractivity contribution in [1.29, 1.82) is 0 Å². The maximum atomic E-state index is 12.6. The molecule has 1 aliphatic heterocycles. The van der Waals surface area contributed by atoms with Crippen LogP contribution < -0.4 is 10.6 Å². The van der Waals surface area contributed by atoms with Crippen molar-refractivity contribution in [3.8, 4) is 11.1 Å². The fraction of sp³-hybridized carbons (Fsp3) is 0.480. The van der Waals surface area contributed by atoms with Gasteiger partial charge in [-0.05, 0) is 61.4 Å². The second-order valence-electron chi connectivity index (χ2n) is 9.19. The van der Waals surface area contributed by atoms with Crippen LogP contribution in [0, 0.1) is 5.92 Å². The molecule has 0 bridgehead atoms. The Kier molecular flexibility index (Phi) is 5.59. The SMILES string of the molecule is C=Cc1cc(-c2cc(N)c(N3CCN(C(=O)CCO)[C@H](C4CC4)C3)nc2C2CC2)ccn1. The Hall–Kier alpha value is -2.93. The van der Waals surface area contributed by atoms with Crippen LogP contribution in [0.15, 0.2) is 31.0 Å². The lowest BCUT2D eigenvalue weighted by Crippen LogP contribution is -2.56. The summed E-state index contributed by atoms with van der Waals surface area (Å²) >= 11 is 0. The van der Waals surface area contributed by atoms with Gasteiger partial charge in [0, 0.05) is 43.7 Å². The van der Waals surface area contributed by atoms with E-state index < -0.39 is 0 Å². The van der Waals surface area contributed by atoms with Crippen LogP contribution in [0.25, 0.3) is 17.2 Å². The van der Waals surface area contributed by atoms with E-state index in [-0.39, 0.29) is 25.0 Å². The molecule has 2 aromatic heterocycles. The smallest absolute Gasteiger partial charge is 0.225 e. The van der Waals surface area contributed by atoms with E-state index in [0.717, 1.165) is 60.6 Å². The van der Waals surface area contributed by atoms with Crippen LogP contribution in [0.2, 0.25) is 0 Å². The minimum Gasteiger partial charge on any atom is -0.396 e. The summed E-state index contributed by atoms with van der Waals surface area (Å²) < 4.78 is 0. The van der Waals surface area contributed by atoms with Gasteiger partial charge >= 0.3 is 0 Å². The van der Waals surface area contributed by atoms with Crippen molar-refractivity contribution in [3.05, 3.63) is 42.4 Å². The first-order chi connectivity index (χ1) is 15.6. The van der Waals surface area contributed by atoms with Crippen molar-refractivity contribution >= 4 is 23.5 Å². The first-order valence-electron chi connectivity index (χ1n) is 11.6. The summed E-state index contributed by atoms with van der Waals surface area (Å²) in [5.41, 5.74) is 11.3. The molecule has 0 radical (unpaired) electrons. The minimum absolute atomic E-state index is 0.0507. The average Bonchev–Trinajstić information content (AvgIpc) is 3.72. The van der Waals surface area contributed by atoms with Gasteiger partial charge in [0.15, 0.2) is 5.82 Å². The van der Waals surface area contributed by atoms with Crippen molar-refractivity contribution in [1.82, 2.24) is 14.9 Å². The number of rotatable bonds is 7. The first kappa shape index (κ1) is 20.9. The Morgan fingerprint density at radius 1 is 1.25 bits per heavy atom. The molecule has 7 heteroatoms. The number of piperazine rings is 1. The van der Waals surface area contributed by atoms with Crippen molar-refractivity contribution in [2.24, 2.45) is 5.92 Å². The Balaban J connectivity index is 1.46. The van der Waals surface area contributed by atoms with Gasteiger partial charge in [0.1, 0.15) is 0 Å². The van der Waals surface area contributed by atoms with E-state index >= 15 is 0 Å². The number of pyridine rings is 2. The third-order valence-corrected chi connectivity index (χ3v) is 6.86. The van der Waals surface area contributed by atoms with Crippen LogP contribution in [0.1, 0.15) is 49.4 Å². The fourth-order valence-corrected chi connectivity index (χ4v) is 4.85. The number of nitrogens with zero attached hydrogens (tertiary/aromatic N) is 4. The Morgan fingerprint density at radius 3 is 2.75 bits per heavy atom. The number of aliphatic hydroxyl groups is 1. The molecule has 32 heavy (non-hydrogen) atoms. The number of aliphatic hydroxyl groups excluding tert-OH is 1. The van der Waals surface area contributed by atoms with Crippen molar-refractivity contribution in [3.63, 3.8) is 0 Å². The second-order valence-corrected chi connectivity index (χ2v) is 9.19. The van der Waals surface area contributed by atoms with Gasteiger partial charge in [-0.3, -0.25) is 9.78 Å². The van der Waals surface area contributed by atoms with E-state index in [4.69, 9.17) is 10.7 Å². The Bertz CT molecular complexity index is 1030. The predicted octanol–water partition coefficient (Wildman–Crippen LogP) is 3.06. The third-order valence-electron chi connectivity index (χ3n) is 6.86. The molecule has 2 saturated carbocycles. The van der Waals surface area contributed by atoms with Gasteiger partial charge in [0.05, 0.1) is 29.7 Å². The number of nitrogens with two attached hydrogens (primary N) is 1. The van der Waals surface area contributed by atoms with Gasteiger partial charge in [0.2, 0.25) is 5.91 Å². The molecule has 3 aliphatic rings. The number of aromatic nitrogens is 2. The number of nitrogen functional groups attached to an aromatic ring is 1. The molecule has 0 unspecified atom stereocenters. The number of anilines is 2. The van der Waals surface area contributed by atoms with Crippen LogP contribution in [0.4, 0.5) is 11.5 Å². The van der Waals surface area contributed by atoms with Crippen molar-refractivity contribution in [2.75, 3.05) is 36.9 Å². The Labute approximate surface area is 189 Å². The van der Waals surface area contributed by atoms with Gasteiger partial charge < -0.3 is 20.6 Å². The highest BCUT2D eigenvalue weighted by Gasteiger charge is 2.41. The predicted molar refractivity (Wildman–Crippen MR) is 126 cm³/mol.